The van der Waals surface area contributed by atoms with Crippen LogP contribution in [0.25, 0.3) is 0 Å². The van der Waals surface area contributed by atoms with E-state index >= 15 is 0 Å². The molecular weight excluding hydrogens is 279 g/mol. The van der Waals surface area contributed by atoms with Gasteiger partial charge >= 0.3 is 5.69 Å². The Morgan fingerprint density at radius 2 is 2.19 bits per heavy atom. The first-order valence-corrected chi connectivity index (χ1v) is 6.27. The highest BCUT2D eigenvalue weighted by Gasteiger charge is 2.17. The Labute approximate surface area is 120 Å². The van der Waals surface area contributed by atoms with Gasteiger partial charge in [-0.15, -0.1) is 0 Å². The molecule has 1 heterocycles. The first-order chi connectivity index (χ1) is 10.0. The van der Waals surface area contributed by atoms with Gasteiger partial charge in [-0.1, -0.05) is 6.92 Å². The van der Waals surface area contributed by atoms with E-state index in [-0.39, 0.29) is 17.2 Å². The molecule has 0 aliphatic rings. The summed E-state index contributed by atoms with van der Waals surface area (Å²) in [5.74, 6) is -0.622. The molecule has 0 unspecified atom stereocenters. The van der Waals surface area contributed by atoms with E-state index in [4.69, 9.17) is 4.74 Å². The maximum absolute atomic E-state index is 13.2. The number of halogens is 1. The zero-order chi connectivity index (χ0) is 15.4. The summed E-state index contributed by atoms with van der Waals surface area (Å²) in [6, 6.07) is 6.02. The molecule has 0 spiro atoms. The lowest BCUT2D eigenvalue weighted by atomic mass is 10.2. The van der Waals surface area contributed by atoms with Crippen LogP contribution in [0.2, 0.25) is 0 Å². The van der Waals surface area contributed by atoms with E-state index in [1.165, 1.54) is 12.3 Å². The minimum atomic E-state index is -0.678. The molecule has 0 aliphatic heterocycles. The molecule has 2 rings (SSSR count). The summed E-state index contributed by atoms with van der Waals surface area (Å²) < 4.78 is 18.5. The molecule has 2 aromatic rings. The van der Waals surface area contributed by atoms with Crippen molar-refractivity contribution in [3.8, 4) is 11.5 Å². The molecule has 0 bridgehead atoms. The van der Waals surface area contributed by atoms with Gasteiger partial charge in [-0.25, -0.2) is 4.39 Å². The van der Waals surface area contributed by atoms with Crippen LogP contribution in [0.5, 0.6) is 11.5 Å². The van der Waals surface area contributed by atoms with Gasteiger partial charge in [0.2, 0.25) is 5.75 Å². The normalized spacial score (nSPS) is 12.0. The van der Waals surface area contributed by atoms with E-state index in [1.54, 1.807) is 6.07 Å². The average Bonchev–Trinajstić information content (AvgIpc) is 2.47. The number of nitro benzene ring substituents is 1. The van der Waals surface area contributed by atoms with Crippen molar-refractivity contribution in [1.82, 2.24) is 4.98 Å². The SMILES string of the molecule is CC[C@H](O)c1ccc(Oc2cc(F)ccc2[N+](=O)[O-])cn1. The van der Waals surface area contributed by atoms with Gasteiger partial charge in [0.05, 0.1) is 22.9 Å². The smallest absolute Gasteiger partial charge is 0.311 e. The number of aliphatic hydroxyl groups is 1. The van der Waals surface area contributed by atoms with E-state index < -0.39 is 16.8 Å². The number of pyridine rings is 1. The summed E-state index contributed by atoms with van der Waals surface area (Å²) in [5, 5.41) is 20.5. The van der Waals surface area contributed by atoms with Crippen LogP contribution < -0.4 is 4.74 Å². The Balaban J connectivity index is 2.26. The summed E-state index contributed by atoms with van der Waals surface area (Å²) in [6.45, 7) is 1.81. The molecule has 1 aromatic carbocycles. The second-order valence-electron chi connectivity index (χ2n) is 4.31. The number of hydrogen-bond acceptors (Lipinski definition) is 5. The highest BCUT2D eigenvalue weighted by molar-refractivity contribution is 5.48. The zero-order valence-corrected chi connectivity index (χ0v) is 11.2. The standard InChI is InChI=1S/C14H13FN2O4/c1-2-13(18)11-5-4-10(8-16-11)21-14-7-9(15)3-6-12(14)17(19)20/h3-8,13,18H,2H2,1H3/t13-/m0/s1. The number of nitrogens with zero attached hydrogens (tertiary/aromatic N) is 2. The Morgan fingerprint density at radius 1 is 1.43 bits per heavy atom. The van der Waals surface area contributed by atoms with Crippen molar-refractivity contribution in [3.05, 3.63) is 58.2 Å². The first-order valence-electron chi connectivity index (χ1n) is 6.27. The van der Waals surface area contributed by atoms with Crippen molar-refractivity contribution in [2.45, 2.75) is 19.4 Å². The Kier molecular flexibility index (Phi) is 4.44. The third-order valence-corrected chi connectivity index (χ3v) is 2.83. The Hall–Kier alpha value is -2.54. The Morgan fingerprint density at radius 3 is 2.76 bits per heavy atom. The molecule has 21 heavy (non-hydrogen) atoms. The van der Waals surface area contributed by atoms with Gasteiger partial charge in [-0.3, -0.25) is 15.1 Å². The fraction of sp³-hybridized carbons (Fsp3) is 0.214. The van der Waals surface area contributed by atoms with Crippen LogP contribution in [0.4, 0.5) is 10.1 Å². The molecule has 7 heteroatoms. The molecule has 0 saturated carbocycles. The van der Waals surface area contributed by atoms with Gasteiger partial charge in [0.1, 0.15) is 11.6 Å². The van der Waals surface area contributed by atoms with E-state index in [0.717, 1.165) is 18.2 Å². The number of aromatic nitrogens is 1. The number of nitro groups is 1. The van der Waals surface area contributed by atoms with Crippen LogP contribution in [-0.4, -0.2) is 15.0 Å². The van der Waals surface area contributed by atoms with Crippen LogP contribution >= 0.6 is 0 Å². The molecule has 0 saturated heterocycles. The molecule has 0 radical (unpaired) electrons. The average molecular weight is 292 g/mol. The predicted octanol–water partition coefficient (Wildman–Crippen LogP) is 3.36. The van der Waals surface area contributed by atoms with Crippen molar-refractivity contribution < 1.29 is 19.2 Å². The second-order valence-corrected chi connectivity index (χ2v) is 4.31. The van der Waals surface area contributed by atoms with Gasteiger partial charge in [0.15, 0.2) is 0 Å². The zero-order valence-electron chi connectivity index (χ0n) is 11.2. The van der Waals surface area contributed by atoms with Crippen molar-refractivity contribution in [2.24, 2.45) is 0 Å². The molecule has 0 amide bonds. The van der Waals surface area contributed by atoms with Gasteiger partial charge in [0.25, 0.3) is 0 Å². The van der Waals surface area contributed by atoms with Crippen LogP contribution in [0.3, 0.4) is 0 Å². The Bertz CT molecular complexity index is 646. The van der Waals surface area contributed by atoms with Gasteiger partial charge in [-0.05, 0) is 24.6 Å². The number of benzene rings is 1. The van der Waals surface area contributed by atoms with Crippen molar-refractivity contribution in [2.75, 3.05) is 0 Å². The second kappa shape index (κ2) is 6.27. The van der Waals surface area contributed by atoms with E-state index in [1.807, 2.05) is 6.92 Å². The summed E-state index contributed by atoms with van der Waals surface area (Å²) in [4.78, 5) is 14.2. The molecule has 1 aromatic heterocycles. The number of aliphatic hydroxyl groups excluding tert-OH is 1. The lowest BCUT2D eigenvalue weighted by Gasteiger charge is -2.09. The van der Waals surface area contributed by atoms with E-state index in [9.17, 15) is 19.6 Å². The maximum atomic E-state index is 13.2. The highest BCUT2D eigenvalue weighted by Crippen LogP contribution is 2.31. The van der Waals surface area contributed by atoms with Crippen molar-refractivity contribution >= 4 is 5.69 Å². The third kappa shape index (κ3) is 3.51. The van der Waals surface area contributed by atoms with E-state index in [0.29, 0.717) is 12.1 Å². The maximum Gasteiger partial charge on any atom is 0.311 e. The summed E-state index contributed by atoms with van der Waals surface area (Å²) >= 11 is 0. The minimum absolute atomic E-state index is 0.203. The molecule has 0 fully saturated rings. The lowest BCUT2D eigenvalue weighted by molar-refractivity contribution is -0.385. The van der Waals surface area contributed by atoms with Crippen molar-refractivity contribution in [1.29, 1.82) is 0 Å². The van der Waals surface area contributed by atoms with Gasteiger partial charge in [0, 0.05) is 12.1 Å². The lowest BCUT2D eigenvalue weighted by Crippen LogP contribution is -1.99. The van der Waals surface area contributed by atoms with Crippen LogP contribution in [0.15, 0.2) is 36.5 Å². The van der Waals surface area contributed by atoms with Gasteiger partial charge in [-0.2, -0.15) is 0 Å². The predicted molar refractivity (Wildman–Crippen MR) is 72.6 cm³/mol. The molecule has 1 N–H and O–H groups in total. The topological polar surface area (TPSA) is 85.5 Å². The number of hydrogen-bond donors (Lipinski definition) is 1. The fourth-order valence-electron chi connectivity index (χ4n) is 1.71. The van der Waals surface area contributed by atoms with Crippen molar-refractivity contribution in [3.63, 3.8) is 0 Å². The monoisotopic (exact) mass is 292 g/mol. The summed E-state index contributed by atoms with van der Waals surface area (Å²) in [5.41, 5.74) is 0.132. The molecular formula is C14H13FN2O4. The molecule has 110 valence electrons. The fourth-order valence-corrected chi connectivity index (χ4v) is 1.71. The summed E-state index contributed by atoms with van der Waals surface area (Å²) in [7, 11) is 0. The molecule has 6 nitrogen and oxygen atoms in total. The van der Waals surface area contributed by atoms with Crippen LogP contribution in [0.1, 0.15) is 25.1 Å². The highest BCUT2D eigenvalue weighted by atomic mass is 19.1. The third-order valence-electron chi connectivity index (χ3n) is 2.83. The largest absolute Gasteiger partial charge is 0.448 e. The first kappa shape index (κ1) is 14.9. The summed E-state index contributed by atoms with van der Waals surface area (Å²) in [6.07, 6.45) is 1.16. The molecule has 1 atom stereocenters. The number of rotatable bonds is 5. The number of ether oxygens (including phenoxy) is 1. The van der Waals surface area contributed by atoms with E-state index in [2.05, 4.69) is 4.98 Å². The molecule has 0 aliphatic carbocycles. The quantitative estimate of drug-likeness (QED) is 0.674. The van der Waals surface area contributed by atoms with Gasteiger partial charge < -0.3 is 9.84 Å². The minimum Gasteiger partial charge on any atom is -0.448 e. The van der Waals surface area contributed by atoms with Crippen LogP contribution in [-0.2, 0) is 0 Å². The van der Waals surface area contributed by atoms with Crippen LogP contribution in [0, 0.1) is 15.9 Å².